The van der Waals surface area contributed by atoms with Crippen LogP contribution in [0.5, 0.6) is 0 Å². The van der Waals surface area contributed by atoms with Crippen LogP contribution in [-0.4, -0.2) is 53.9 Å². The molecule has 0 saturated carbocycles. The van der Waals surface area contributed by atoms with Crippen molar-refractivity contribution in [2.24, 2.45) is 5.92 Å². The third-order valence-electron chi connectivity index (χ3n) is 2.55. The molecule has 0 fully saturated rings. The molecule has 0 heterocycles. The summed E-state index contributed by atoms with van der Waals surface area (Å²) in [4.78, 5) is 23.1. The molecule has 0 spiro atoms. The third kappa shape index (κ3) is 8.50. The lowest BCUT2D eigenvalue weighted by molar-refractivity contribution is -0.137. The van der Waals surface area contributed by atoms with Gasteiger partial charge in [-0.1, -0.05) is 6.92 Å². The van der Waals surface area contributed by atoms with Gasteiger partial charge in [0.1, 0.15) is 0 Å². The molecule has 1 unspecified atom stereocenters. The van der Waals surface area contributed by atoms with Gasteiger partial charge >= 0.3 is 12.0 Å². The van der Waals surface area contributed by atoms with Gasteiger partial charge in [0.25, 0.3) is 0 Å². The second-order valence-corrected chi connectivity index (χ2v) is 4.20. The zero-order valence-electron chi connectivity index (χ0n) is 10.5. The van der Waals surface area contributed by atoms with Crippen LogP contribution in [0.3, 0.4) is 0 Å². The highest BCUT2D eigenvalue weighted by Gasteiger charge is 2.09. The van der Waals surface area contributed by atoms with Crippen molar-refractivity contribution >= 4 is 12.0 Å². The number of likely N-dealkylation sites (N-methyl/N-ethyl adjacent to an activating group) is 1. The Morgan fingerprint density at radius 3 is 2.53 bits per heavy atom. The molecule has 100 valence electrons. The van der Waals surface area contributed by atoms with Crippen LogP contribution in [0.2, 0.25) is 0 Å². The van der Waals surface area contributed by atoms with Crippen molar-refractivity contribution in [3.63, 3.8) is 0 Å². The summed E-state index contributed by atoms with van der Waals surface area (Å²) in [6, 6.07) is -0.218. The van der Waals surface area contributed by atoms with Crippen LogP contribution in [0, 0.1) is 5.92 Å². The molecule has 3 N–H and O–H groups in total. The fraction of sp³-hybridized carbons (Fsp3) is 0.818. The van der Waals surface area contributed by atoms with E-state index in [9.17, 15) is 9.59 Å². The topological polar surface area (TPSA) is 89.9 Å². The van der Waals surface area contributed by atoms with Gasteiger partial charge in [-0.15, -0.1) is 0 Å². The zero-order valence-corrected chi connectivity index (χ0v) is 10.5. The minimum absolute atomic E-state index is 0.0566. The second kappa shape index (κ2) is 8.81. The van der Waals surface area contributed by atoms with Gasteiger partial charge in [0, 0.05) is 26.6 Å². The summed E-state index contributed by atoms with van der Waals surface area (Å²) in [6.45, 7) is 2.74. The normalized spacial score (nSPS) is 11.9. The fourth-order valence-electron chi connectivity index (χ4n) is 1.33. The molecule has 0 aromatic rings. The number of aliphatic hydroxyl groups excluding tert-OH is 1. The molecule has 17 heavy (non-hydrogen) atoms. The molecule has 0 aromatic heterocycles. The highest BCUT2D eigenvalue weighted by atomic mass is 16.4. The van der Waals surface area contributed by atoms with Crippen molar-refractivity contribution in [2.75, 3.05) is 26.7 Å². The van der Waals surface area contributed by atoms with E-state index in [2.05, 4.69) is 5.32 Å². The Balaban J connectivity index is 3.61. The minimum Gasteiger partial charge on any atom is -0.481 e. The number of carboxylic acid groups (broad SMARTS) is 1. The van der Waals surface area contributed by atoms with Crippen molar-refractivity contribution < 1.29 is 19.8 Å². The van der Waals surface area contributed by atoms with E-state index < -0.39 is 5.97 Å². The number of amides is 2. The maximum absolute atomic E-state index is 11.4. The van der Waals surface area contributed by atoms with Gasteiger partial charge in [-0.25, -0.2) is 4.79 Å². The van der Waals surface area contributed by atoms with Crippen LogP contribution in [0.25, 0.3) is 0 Å². The molecule has 6 nitrogen and oxygen atoms in total. The van der Waals surface area contributed by atoms with Crippen molar-refractivity contribution in [3.8, 4) is 0 Å². The number of rotatable bonds is 8. The summed E-state index contributed by atoms with van der Waals surface area (Å²) in [6.07, 6.45) is 1.54. The quantitative estimate of drug-likeness (QED) is 0.582. The first-order chi connectivity index (χ1) is 7.97. The largest absolute Gasteiger partial charge is 0.481 e. The summed E-state index contributed by atoms with van der Waals surface area (Å²) in [5.41, 5.74) is 0. The Kier molecular flexibility index (Phi) is 8.13. The number of nitrogens with one attached hydrogen (secondary N) is 1. The zero-order chi connectivity index (χ0) is 13.3. The number of hydrogen-bond acceptors (Lipinski definition) is 3. The number of carboxylic acids is 1. The Morgan fingerprint density at radius 2 is 2.00 bits per heavy atom. The highest BCUT2D eigenvalue weighted by molar-refractivity contribution is 5.73. The van der Waals surface area contributed by atoms with E-state index >= 15 is 0 Å². The van der Waals surface area contributed by atoms with E-state index in [0.717, 1.165) is 6.42 Å². The van der Waals surface area contributed by atoms with E-state index in [0.29, 0.717) is 19.5 Å². The lowest BCUT2D eigenvalue weighted by Crippen LogP contribution is -2.39. The average molecular weight is 246 g/mol. The lowest BCUT2D eigenvalue weighted by Gasteiger charge is -2.17. The number of hydrogen-bond donors (Lipinski definition) is 3. The summed E-state index contributed by atoms with van der Waals surface area (Å²) in [5, 5.41) is 19.9. The highest BCUT2D eigenvalue weighted by Crippen LogP contribution is 2.09. The smallest absolute Gasteiger partial charge is 0.317 e. The van der Waals surface area contributed by atoms with Gasteiger partial charge in [0.15, 0.2) is 0 Å². The SMILES string of the molecule is CC(CCNC(=O)N(C)CCO)CCC(=O)O. The molecule has 0 aliphatic rings. The maximum Gasteiger partial charge on any atom is 0.317 e. The first-order valence-electron chi connectivity index (χ1n) is 5.79. The molecule has 0 aromatic carbocycles. The Morgan fingerprint density at radius 1 is 1.35 bits per heavy atom. The molecular weight excluding hydrogens is 224 g/mol. The summed E-state index contributed by atoms with van der Waals surface area (Å²) in [7, 11) is 1.61. The van der Waals surface area contributed by atoms with Crippen LogP contribution < -0.4 is 5.32 Å². The van der Waals surface area contributed by atoms with E-state index in [1.165, 1.54) is 4.90 Å². The van der Waals surface area contributed by atoms with Crippen molar-refractivity contribution in [1.82, 2.24) is 10.2 Å². The van der Waals surface area contributed by atoms with Crippen LogP contribution in [0.4, 0.5) is 4.79 Å². The lowest BCUT2D eigenvalue weighted by atomic mass is 10.0. The van der Waals surface area contributed by atoms with Crippen LogP contribution in [-0.2, 0) is 4.79 Å². The summed E-state index contributed by atoms with van der Waals surface area (Å²) in [5.74, 6) is -0.516. The fourth-order valence-corrected chi connectivity index (χ4v) is 1.33. The molecule has 1 atom stereocenters. The molecule has 0 radical (unpaired) electrons. The maximum atomic E-state index is 11.4. The first kappa shape index (κ1) is 15.7. The molecule has 0 aliphatic carbocycles. The van der Waals surface area contributed by atoms with E-state index in [1.54, 1.807) is 7.05 Å². The Hall–Kier alpha value is -1.30. The molecule has 0 bridgehead atoms. The van der Waals surface area contributed by atoms with Gasteiger partial charge in [-0.2, -0.15) is 0 Å². The number of carbonyl (C=O) groups excluding carboxylic acids is 1. The Bertz CT molecular complexity index is 246. The monoisotopic (exact) mass is 246 g/mol. The number of aliphatic hydroxyl groups is 1. The van der Waals surface area contributed by atoms with Gasteiger partial charge in [-0.05, 0) is 18.8 Å². The van der Waals surface area contributed by atoms with Gasteiger partial charge in [0.05, 0.1) is 6.61 Å². The first-order valence-corrected chi connectivity index (χ1v) is 5.79. The summed E-state index contributed by atoms with van der Waals surface area (Å²) >= 11 is 0. The predicted molar refractivity (Wildman–Crippen MR) is 63.8 cm³/mol. The van der Waals surface area contributed by atoms with Crippen molar-refractivity contribution in [3.05, 3.63) is 0 Å². The molecule has 2 amide bonds. The molecule has 0 aliphatic heterocycles. The van der Waals surface area contributed by atoms with E-state index in [1.807, 2.05) is 6.92 Å². The number of urea groups is 1. The van der Waals surface area contributed by atoms with Crippen molar-refractivity contribution in [2.45, 2.75) is 26.2 Å². The molecule has 0 rings (SSSR count). The molecule has 0 saturated heterocycles. The average Bonchev–Trinajstić information content (AvgIpc) is 2.26. The minimum atomic E-state index is -0.788. The van der Waals surface area contributed by atoms with Crippen LogP contribution in [0.15, 0.2) is 0 Å². The van der Waals surface area contributed by atoms with Gasteiger partial charge in [-0.3, -0.25) is 4.79 Å². The number of nitrogens with zero attached hydrogens (tertiary/aromatic N) is 1. The van der Waals surface area contributed by atoms with Crippen molar-refractivity contribution in [1.29, 1.82) is 0 Å². The summed E-state index contributed by atoms with van der Waals surface area (Å²) < 4.78 is 0. The van der Waals surface area contributed by atoms with Gasteiger partial charge < -0.3 is 20.4 Å². The van der Waals surface area contributed by atoms with Gasteiger partial charge in [0.2, 0.25) is 0 Å². The van der Waals surface area contributed by atoms with Crippen LogP contribution in [0.1, 0.15) is 26.2 Å². The third-order valence-corrected chi connectivity index (χ3v) is 2.55. The Labute approximate surface area is 102 Å². The van der Waals surface area contributed by atoms with E-state index in [4.69, 9.17) is 10.2 Å². The number of aliphatic carboxylic acids is 1. The molecule has 6 heteroatoms. The van der Waals surface area contributed by atoms with Crippen LogP contribution >= 0.6 is 0 Å². The van der Waals surface area contributed by atoms with E-state index in [-0.39, 0.29) is 25.0 Å². The number of carbonyl (C=O) groups is 2. The standard InChI is InChI=1S/C11H22N2O4/c1-9(3-4-10(15)16)5-6-12-11(17)13(2)7-8-14/h9,14H,3-8H2,1-2H3,(H,12,17)(H,15,16). The predicted octanol–water partition coefficient (Wildman–Crippen LogP) is 0.511. The molecular formula is C11H22N2O4. The second-order valence-electron chi connectivity index (χ2n) is 4.20.